The summed E-state index contributed by atoms with van der Waals surface area (Å²) in [6, 6.07) is 3.60. The van der Waals surface area contributed by atoms with Gasteiger partial charge in [0, 0.05) is 31.3 Å². The molecule has 1 amide bonds. The molecular formula is C15H18BrNO4. The van der Waals surface area contributed by atoms with Crippen molar-refractivity contribution in [2.75, 3.05) is 38.4 Å². The second-order valence-electron chi connectivity index (χ2n) is 4.86. The Labute approximate surface area is 132 Å². The first-order valence-electron chi connectivity index (χ1n) is 6.79. The lowest BCUT2D eigenvalue weighted by atomic mass is 10.1. The lowest BCUT2D eigenvalue weighted by molar-refractivity contribution is -0.114. The largest absolute Gasteiger partial charge is 0.385 e. The fourth-order valence-electron chi connectivity index (χ4n) is 2.38. The number of aryl methyl sites for hydroxylation is 1. The van der Waals surface area contributed by atoms with Crippen molar-refractivity contribution >= 4 is 33.3 Å². The predicted molar refractivity (Wildman–Crippen MR) is 82.9 cm³/mol. The number of Topliss-reactive ketones (excluding diaryl/α,β-unsaturated/α-hetero) is 1. The summed E-state index contributed by atoms with van der Waals surface area (Å²) in [7, 11) is 1.65. The maximum Gasteiger partial charge on any atom is 0.299 e. The van der Waals surface area contributed by atoms with Crippen LogP contribution in [0.3, 0.4) is 0 Å². The third-order valence-corrected chi connectivity index (χ3v) is 3.77. The fraction of sp³-hybridized carbons (Fsp3) is 0.467. The normalized spacial score (nSPS) is 14.0. The number of rotatable bonds is 7. The SMILES string of the molecule is COCCCOCCN1C(=O)C(=O)c2cc(Br)cc(C)c21. The van der Waals surface area contributed by atoms with Gasteiger partial charge < -0.3 is 14.4 Å². The van der Waals surface area contributed by atoms with E-state index in [0.717, 1.165) is 16.5 Å². The van der Waals surface area contributed by atoms with E-state index < -0.39 is 11.7 Å². The van der Waals surface area contributed by atoms with Gasteiger partial charge >= 0.3 is 0 Å². The number of halogens is 1. The highest BCUT2D eigenvalue weighted by molar-refractivity contribution is 9.10. The molecule has 2 rings (SSSR count). The van der Waals surface area contributed by atoms with Gasteiger partial charge in [0.2, 0.25) is 0 Å². The molecule has 0 fully saturated rings. The van der Waals surface area contributed by atoms with Crippen LogP contribution >= 0.6 is 15.9 Å². The quantitative estimate of drug-likeness (QED) is 0.556. The number of ether oxygens (including phenoxy) is 2. The predicted octanol–water partition coefficient (Wildman–Crippen LogP) is 2.34. The molecule has 21 heavy (non-hydrogen) atoms. The Hall–Kier alpha value is -1.24. The molecule has 1 aromatic carbocycles. The lowest BCUT2D eigenvalue weighted by Crippen LogP contribution is -2.33. The van der Waals surface area contributed by atoms with Crippen LogP contribution in [0.25, 0.3) is 0 Å². The number of carbonyl (C=O) groups is 2. The molecule has 114 valence electrons. The molecule has 0 atom stereocenters. The summed E-state index contributed by atoms with van der Waals surface area (Å²) in [6.45, 7) is 3.90. The van der Waals surface area contributed by atoms with E-state index in [1.807, 2.05) is 13.0 Å². The first kappa shape index (κ1) is 16.1. The number of benzene rings is 1. The van der Waals surface area contributed by atoms with Crippen molar-refractivity contribution < 1.29 is 19.1 Å². The van der Waals surface area contributed by atoms with Crippen LogP contribution in [0.15, 0.2) is 16.6 Å². The fourth-order valence-corrected chi connectivity index (χ4v) is 2.96. The van der Waals surface area contributed by atoms with Gasteiger partial charge in [-0.2, -0.15) is 0 Å². The van der Waals surface area contributed by atoms with Crippen molar-refractivity contribution in [1.29, 1.82) is 0 Å². The molecule has 0 saturated heterocycles. The molecule has 0 saturated carbocycles. The maximum absolute atomic E-state index is 12.1. The van der Waals surface area contributed by atoms with Gasteiger partial charge in [-0.25, -0.2) is 0 Å². The van der Waals surface area contributed by atoms with Crippen LogP contribution in [0.2, 0.25) is 0 Å². The summed E-state index contributed by atoms with van der Waals surface area (Å²) in [5.41, 5.74) is 2.07. The molecular weight excluding hydrogens is 338 g/mol. The van der Waals surface area contributed by atoms with Gasteiger partial charge in [0.1, 0.15) is 0 Å². The van der Waals surface area contributed by atoms with E-state index in [9.17, 15) is 9.59 Å². The minimum Gasteiger partial charge on any atom is -0.385 e. The number of nitrogens with zero attached hydrogens (tertiary/aromatic N) is 1. The van der Waals surface area contributed by atoms with Gasteiger partial charge in [0.05, 0.1) is 17.9 Å². The smallest absolute Gasteiger partial charge is 0.299 e. The summed E-state index contributed by atoms with van der Waals surface area (Å²) < 4.78 is 11.2. The molecule has 1 heterocycles. The molecule has 0 unspecified atom stereocenters. The van der Waals surface area contributed by atoms with Crippen LogP contribution in [0.5, 0.6) is 0 Å². The molecule has 0 aliphatic carbocycles. The number of anilines is 1. The van der Waals surface area contributed by atoms with E-state index in [2.05, 4.69) is 15.9 Å². The molecule has 0 radical (unpaired) electrons. The summed E-state index contributed by atoms with van der Waals surface area (Å²) in [4.78, 5) is 25.6. The number of amides is 1. The number of fused-ring (bicyclic) bond motifs is 1. The van der Waals surface area contributed by atoms with Gasteiger partial charge in [-0.15, -0.1) is 0 Å². The van der Waals surface area contributed by atoms with Gasteiger partial charge in [0.15, 0.2) is 0 Å². The lowest BCUT2D eigenvalue weighted by Gasteiger charge is -2.18. The summed E-state index contributed by atoms with van der Waals surface area (Å²) >= 11 is 3.35. The topological polar surface area (TPSA) is 55.8 Å². The molecule has 0 bridgehead atoms. The van der Waals surface area contributed by atoms with Crippen molar-refractivity contribution in [3.63, 3.8) is 0 Å². The van der Waals surface area contributed by atoms with Crippen LogP contribution in [0, 0.1) is 6.92 Å². The van der Waals surface area contributed by atoms with Crippen LogP contribution < -0.4 is 4.90 Å². The summed E-state index contributed by atoms with van der Waals surface area (Å²) in [5.74, 6) is -0.930. The maximum atomic E-state index is 12.1. The highest BCUT2D eigenvalue weighted by Gasteiger charge is 2.36. The van der Waals surface area contributed by atoms with Crippen molar-refractivity contribution in [1.82, 2.24) is 0 Å². The van der Waals surface area contributed by atoms with Crippen molar-refractivity contribution in [2.24, 2.45) is 0 Å². The first-order chi connectivity index (χ1) is 10.1. The van der Waals surface area contributed by atoms with E-state index in [1.54, 1.807) is 13.2 Å². The molecule has 1 aliphatic rings. The van der Waals surface area contributed by atoms with Crippen LogP contribution in [-0.2, 0) is 14.3 Å². The molecule has 6 heteroatoms. The van der Waals surface area contributed by atoms with Crippen molar-refractivity contribution in [2.45, 2.75) is 13.3 Å². The van der Waals surface area contributed by atoms with Gasteiger partial charge in [-0.05, 0) is 31.0 Å². The number of carbonyl (C=O) groups excluding carboxylic acids is 2. The highest BCUT2D eigenvalue weighted by Crippen LogP contribution is 2.34. The van der Waals surface area contributed by atoms with E-state index in [0.29, 0.717) is 37.6 Å². The Balaban J connectivity index is 2.02. The second kappa shape index (κ2) is 7.15. The average molecular weight is 356 g/mol. The summed E-state index contributed by atoms with van der Waals surface area (Å²) in [5, 5.41) is 0. The average Bonchev–Trinajstić information content (AvgIpc) is 2.68. The third kappa shape index (κ3) is 3.51. The Kier molecular flexibility index (Phi) is 5.50. The molecule has 1 aliphatic heterocycles. The zero-order valence-corrected chi connectivity index (χ0v) is 13.7. The standard InChI is InChI=1S/C15H18BrNO4/c1-10-8-11(16)9-12-13(10)17(15(19)14(12)18)4-7-21-6-3-5-20-2/h8-9H,3-7H2,1-2H3. The zero-order chi connectivity index (χ0) is 15.4. The Morgan fingerprint density at radius 2 is 1.95 bits per heavy atom. The third-order valence-electron chi connectivity index (χ3n) is 3.32. The number of hydrogen-bond donors (Lipinski definition) is 0. The monoisotopic (exact) mass is 355 g/mol. The minimum atomic E-state index is -0.480. The van der Waals surface area contributed by atoms with Gasteiger partial charge in [0.25, 0.3) is 11.7 Å². The van der Waals surface area contributed by atoms with E-state index >= 15 is 0 Å². The Bertz CT molecular complexity index is 559. The van der Waals surface area contributed by atoms with Crippen LogP contribution in [0.1, 0.15) is 22.3 Å². The number of ketones is 1. The molecule has 5 nitrogen and oxygen atoms in total. The number of hydrogen-bond acceptors (Lipinski definition) is 4. The highest BCUT2D eigenvalue weighted by atomic mass is 79.9. The van der Waals surface area contributed by atoms with Gasteiger partial charge in [-0.1, -0.05) is 15.9 Å². The molecule has 0 N–H and O–H groups in total. The van der Waals surface area contributed by atoms with E-state index in [-0.39, 0.29) is 0 Å². The van der Waals surface area contributed by atoms with Crippen LogP contribution in [0.4, 0.5) is 5.69 Å². The van der Waals surface area contributed by atoms with Gasteiger partial charge in [-0.3, -0.25) is 9.59 Å². The first-order valence-corrected chi connectivity index (χ1v) is 7.58. The Morgan fingerprint density at radius 1 is 1.19 bits per heavy atom. The van der Waals surface area contributed by atoms with E-state index in [1.165, 1.54) is 4.90 Å². The minimum absolute atomic E-state index is 0.382. The number of methoxy groups -OCH3 is 1. The molecule has 0 aromatic heterocycles. The van der Waals surface area contributed by atoms with Crippen LogP contribution in [-0.4, -0.2) is 45.2 Å². The zero-order valence-electron chi connectivity index (χ0n) is 12.1. The molecule has 0 spiro atoms. The van der Waals surface area contributed by atoms with E-state index in [4.69, 9.17) is 9.47 Å². The second-order valence-corrected chi connectivity index (χ2v) is 5.78. The van der Waals surface area contributed by atoms with Crippen molar-refractivity contribution in [3.05, 3.63) is 27.7 Å². The Morgan fingerprint density at radius 3 is 2.67 bits per heavy atom. The summed E-state index contributed by atoms with van der Waals surface area (Å²) in [6.07, 6.45) is 0.811. The molecule has 1 aromatic rings. The van der Waals surface area contributed by atoms with Crippen molar-refractivity contribution in [3.8, 4) is 0 Å².